The number of nitrogens with zero attached hydrogens (tertiary/aromatic N) is 2. The largest absolute Gasteiger partial charge is 0.370 e. The van der Waals surface area contributed by atoms with Crippen molar-refractivity contribution < 1.29 is 0 Å². The smallest absolute Gasteiger partial charge is 0.224 e. The number of unbranched alkanes of at least 4 members (excludes halogenated alkanes) is 2. The molecule has 0 fully saturated rings. The third kappa shape index (κ3) is 2.64. The van der Waals surface area contributed by atoms with E-state index in [1.807, 2.05) is 0 Å². The zero-order chi connectivity index (χ0) is 11.4. The molecule has 0 aliphatic heterocycles. The van der Waals surface area contributed by atoms with Crippen molar-refractivity contribution in [3.63, 3.8) is 0 Å². The van der Waals surface area contributed by atoms with Crippen LogP contribution in [0.1, 0.15) is 43.9 Å². The number of rotatable bonds is 5. The molecule has 0 radical (unpaired) electrons. The second kappa shape index (κ2) is 5.48. The van der Waals surface area contributed by atoms with E-state index in [1.165, 1.54) is 31.2 Å². The summed E-state index contributed by atoms with van der Waals surface area (Å²) in [5.74, 6) is 0.962. The molecular weight excluding hydrogens is 222 g/mol. The maximum Gasteiger partial charge on any atom is 0.224 e. The Morgan fingerprint density at radius 1 is 1.25 bits per heavy atom. The molecule has 0 spiro atoms. The van der Waals surface area contributed by atoms with Crippen LogP contribution in [0.15, 0.2) is 0 Å². The third-order valence-electron chi connectivity index (χ3n) is 2.98. The van der Waals surface area contributed by atoms with Crippen LogP contribution >= 0.6 is 11.6 Å². The molecule has 0 aromatic carbocycles. The van der Waals surface area contributed by atoms with Crippen molar-refractivity contribution in [2.45, 2.75) is 45.4 Å². The van der Waals surface area contributed by atoms with Crippen LogP contribution in [0.5, 0.6) is 0 Å². The molecule has 1 N–H and O–H groups in total. The van der Waals surface area contributed by atoms with Crippen LogP contribution in [-0.2, 0) is 12.8 Å². The van der Waals surface area contributed by atoms with Gasteiger partial charge in [-0.25, -0.2) is 9.97 Å². The van der Waals surface area contributed by atoms with Crippen LogP contribution in [0.3, 0.4) is 0 Å². The first-order valence-corrected chi connectivity index (χ1v) is 6.48. The van der Waals surface area contributed by atoms with Crippen molar-refractivity contribution in [3.8, 4) is 0 Å². The normalized spacial score (nSPS) is 13.9. The van der Waals surface area contributed by atoms with Gasteiger partial charge in [0.2, 0.25) is 5.28 Å². The molecular formula is C12H18ClN3. The van der Waals surface area contributed by atoms with Gasteiger partial charge < -0.3 is 5.32 Å². The molecule has 0 saturated heterocycles. The van der Waals surface area contributed by atoms with Crippen LogP contribution in [0.2, 0.25) is 5.28 Å². The Balaban J connectivity index is 2.03. The Bertz CT molecular complexity index is 366. The zero-order valence-corrected chi connectivity index (χ0v) is 10.5. The molecule has 88 valence electrons. The van der Waals surface area contributed by atoms with E-state index in [-0.39, 0.29) is 0 Å². The molecule has 1 heterocycles. The highest BCUT2D eigenvalue weighted by molar-refractivity contribution is 6.28. The van der Waals surface area contributed by atoms with E-state index in [0.717, 1.165) is 30.9 Å². The van der Waals surface area contributed by atoms with Crippen LogP contribution in [0.25, 0.3) is 0 Å². The lowest BCUT2D eigenvalue weighted by Crippen LogP contribution is -2.07. The fourth-order valence-corrected chi connectivity index (χ4v) is 2.32. The summed E-state index contributed by atoms with van der Waals surface area (Å²) in [4.78, 5) is 8.56. The minimum Gasteiger partial charge on any atom is -0.370 e. The molecule has 2 rings (SSSR count). The molecule has 1 aromatic rings. The average Bonchev–Trinajstić information content (AvgIpc) is 2.72. The molecule has 3 nitrogen and oxygen atoms in total. The molecule has 1 aliphatic rings. The van der Waals surface area contributed by atoms with Crippen LogP contribution < -0.4 is 5.32 Å². The van der Waals surface area contributed by atoms with Gasteiger partial charge in [-0.15, -0.1) is 0 Å². The van der Waals surface area contributed by atoms with E-state index >= 15 is 0 Å². The topological polar surface area (TPSA) is 37.8 Å². The highest BCUT2D eigenvalue weighted by Crippen LogP contribution is 2.27. The lowest BCUT2D eigenvalue weighted by molar-refractivity contribution is 0.741. The molecule has 1 aliphatic carbocycles. The number of aromatic nitrogens is 2. The highest BCUT2D eigenvalue weighted by atomic mass is 35.5. The van der Waals surface area contributed by atoms with Crippen LogP contribution in [-0.4, -0.2) is 16.5 Å². The summed E-state index contributed by atoms with van der Waals surface area (Å²) in [6, 6.07) is 0. The Labute approximate surface area is 102 Å². The zero-order valence-electron chi connectivity index (χ0n) is 9.72. The van der Waals surface area contributed by atoms with Gasteiger partial charge in [0, 0.05) is 12.1 Å². The van der Waals surface area contributed by atoms with Crippen molar-refractivity contribution in [1.82, 2.24) is 9.97 Å². The van der Waals surface area contributed by atoms with Gasteiger partial charge in [0.15, 0.2) is 0 Å². The monoisotopic (exact) mass is 239 g/mol. The molecule has 0 amide bonds. The van der Waals surface area contributed by atoms with Crippen molar-refractivity contribution in [2.24, 2.45) is 0 Å². The van der Waals surface area contributed by atoms with E-state index in [4.69, 9.17) is 11.6 Å². The van der Waals surface area contributed by atoms with E-state index in [2.05, 4.69) is 22.2 Å². The first kappa shape index (κ1) is 11.6. The number of hydrogen-bond donors (Lipinski definition) is 1. The Morgan fingerprint density at radius 3 is 2.94 bits per heavy atom. The van der Waals surface area contributed by atoms with E-state index in [1.54, 1.807) is 0 Å². The molecule has 0 atom stereocenters. The van der Waals surface area contributed by atoms with E-state index in [0.29, 0.717) is 5.28 Å². The summed E-state index contributed by atoms with van der Waals surface area (Å²) in [5.41, 5.74) is 2.42. The SMILES string of the molecule is CCCCCNc1nc(Cl)nc2c1CCC2. The van der Waals surface area contributed by atoms with Gasteiger partial charge in [-0.05, 0) is 37.3 Å². The summed E-state index contributed by atoms with van der Waals surface area (Å²) in [5, 5.41) is 3.76. The fraction of sp³-hybridized carbons (Fsp3) is 0.667. The quantitative estimate of drug-likeness (QED) is 0.633. The number of nitrogens with one attached hydrogen (secondary N) is 1. The predicted molar refractivity (Wildman–Crippen MR) is 67.1 cm³/mol. The summed E-state index contributed by atoms with van der Waals surface area (Å²) < 4.78 is 0. The predicted octanol–water partition coefficient (Wildman–Crippen LogP) is 3.22. The molecule has 4 heteroatoms. The molecule has 0 saturated carbocycles. The highest BCUT2D eigenvalue weighted by Gasteiger charge is 2.18. The summed E-state index contributed by atoms with van der Waals surface area (Å²) in [6.07, 6.45) is 6.99. The first-order valence-electron chi connectivity index (χ1n) is 6.10. The second-order valence-corrected chi connectivity index (χ2v) is 4.59. The maximum absolute atomic E-state index is 5.91. The van der Waals surface area contributed by atoms with E-state index in [9.17, 15) is 0 Å². The lowest BCUT2D eigenvalue weighted by Gasteiger charge is -2.09. The van der Waals surface area contributed by atoms with E-state index < -0.39 is 0 Å². The summed E-state index contributed by atoms with van der Waals surface area (Å²) in [7, 11) is 0. The number of fused-ring (bicyclic) bond motifs is 1. The van der Waals surface area contributed by atoms with Gasteiger partial charge in [0.05, 0.1) is 5.69 Å². The standard InChI is InChI=1S/C12H18ClN3/c1-2-3-4-8-14-11-9-6-5-7-10(9)15-12(13)16-11/h2-8H2,1H3,(H,14,15,16). The van der Waals surface area contributed by atoms with Gasteiger partial charge in [0.25, 0.3) is 0 Å². The molecule has 0 unspecified atom stereocenters. The van der Waals surface area contributed by atoms with Gasteiger partial charge in [-0.2, -0.15) is 0 Å². The van der Waals surface area contributed by atoms with Gasteiger partial charge >= 0.3 is 0 Å². The number of hydrogen-bond acceptors (Lipinski definition) is 3. The number of halogens is 1. The van der Waals surface area contributed by atoms with Gasteiger partial charge in [-0.1, -0.05) is 19.8 Å². The third-order valence-corrected chi connectivity index (χ3v) is 3.15. The number of anilines is 1. The van der Waals surface area contributed by atoms with Gasteiger partial charge in [-0.3, -0.25) is 0 Å². The average molecular weight is 240 g/mol. The Kier molecular flexibility index (Phi) is 3.99. The minimum absolute atomic E-state index is 0.374. The van der Waals surface area contributed by atoms with Crippen molar-refractivity contribution in [3.05, 3.63) is 16.5 Å². The molecule has 16 heavy (non-hydrogen) atoms. The second-order valence-electron chi connectivity index (χ2n) is 4.25. The molecule has 1 aromatic heterocycles. The summed E-state index contributed by atoms with van der Waals surface area (Å²) >= 11 is 5.91. The molecule has 0 bridgehead atoms. The van der Waals surface area contributed by atoms with Crippen molar-refractivity contribution >= 4 is 17.4 Å². The lowest BCUT2D eigenvalue weighted by atomic mass is 10.2. The van der Waals surface area contributed by atoms with Crippen LogP contribution in [0, 0.1) is 0 Å². The first-order chi connectivity index (χ1) is 7.81. The van der Waals surface area contributed by atoms with Crippen molar-refractivity contribution in [2.75, 3.05) is 11.9 Å². The minimum atomic E-state index is 0.374. The maximum atomic E-state index is 5.91. The Hall–Kier alpha value is -0.830. The summed E-state index contributed by atoms with van der Waals surface area (Å²) in [6.45, 7) is 3.19. The van der Waals surface area contributed by atoms with Gasteiger partial charge in [0.1, 0.15) is 5.82 Å². The Morgan fingerprint density at radius 2 is 2.12 bits per heavy atom. The van der Waals surface area contributed by atoms with Crippen LogP contribution in [0.4, 0.5) is 5.82 Å². The van der Waals surface area contributed by atoms with Crippen molar-refractivity contribution in [1.29, 1.82) is 0 Å². The number of aryl methyl sites for hydroxylation is 1. The fourth-order valence-electron chi connectivity index (χ4n) is 2.13.